The maximum atomic E-state index is 11.8. The lowest BCUT2D eigenvalue weighted by Crippen LogP contribution is -2.37. The summed E-state index contributed by atoms with van der Waals surface area (Å²) in [7, 11) is 0. The molecule has 1 amide bonds. The molecule has 0 N–H and O–H groups in total. The molecule has 1 aromatic rings. The van der Waals surface area contributed by atoms with Crippen LogP contribution in [0.4, 0.5) is 11.4 Å². The first kappa shape index (κ1) is 12.6. The first-order valence-corrected chi connectivity index (χ1v) is 5.19. The van der Waals surface area contributed by atoms with Crippen molar-refractivity contribution in [2.24, 2.45) is 5.10 Å². The van der Waals surface area contributed by atoms with E-state index in [-0.39, 0.29) is 17.1 Å². The van der Waals surface area contributed by atoms with E-state index in [4.69, 9.17) is 0 Å². The smallest absolute Gasteiger partial charge is 0.264 e. The van der Waals surface area contributed by atoms with E-state index < -0.39 is 21.8 Å². The monoisotopic (exact) mass is 264 g/mol. The van der Waals surface area contributed by atoms with E-state index in [2.05, 4.69) is 5.10 Å². The first-order chi connectivity index (χ1) is 8.91. The minimum atomic E-state index is -1.49. The quantitative estimate of drug-likeness (QED) is 0.594. The Bertz CT molecular complexity index is 594. The first-order valence-electron chi connectivity index (χ1n) is 5.19. The van der Waals surface area contributed by atoms with Crippen LogP contribution in [0.2, 0.25) is 0 Å². The molecule has 0 bridgehead atoms. The van der Waals surface area contributed by atoms with Crippen molar-refractivity contribution in [3.63, 3.8) is 0 Å². The van der Waals surface area contributed by atoms with Crippen LogP contribution in [-0.4, -0.2) is 27.5 Å². The average molecular weight is 264 g/mol. The van der Waals surface area contributed by atoms with Gasteiger partial charge in [-0.2, -0.15) is 10.1 Å². The molecule has 1 atom stereocenters. The molecule has 9 nitrogen and oxygen atoms in total. The van der Waals surface area contributed by atoms with Gasteiger partial charge in [-0.1, -0.05) is 0 Å². The number of nitro groups is 2. The van der Waals surface area contributed by atoms with Gasteiger partial charge < -0.3 is 0 Å². The van der Waals surface area contributed by atoms with Crippen molar-refractivity contribution < 1.29 is 14.6 Å². The molecule has 0 radical (unpaired) electrons. The van der Waals surface area contributed by atoms with E-state index in [1.54, 1.807) is 0 Å². The van der Waals surface area contributed by atoms with Crippen molar-refractivity contribution >= 4 is 23.0 Å². The number of nitro benzene ring substituents is 1. The fraction of sp³-hybridized carbons (Fsp3) is 0.200. The van der Waals surface area contributed by atoms with E-state index >= 15 is 0 Å². The van der Waals surface area contributed by atoms with Crippen LogP contribution in [0.25, 0.3) is 0 Å². The van der Waals surface area contributed by atoms with Crippen molar-refractivity contribution in [3.8, 4) is 0 Å². The summed E-state index contributed by atoms with van der Waals surface area (Å²) in [4.78, 5) is 31.7. The highest BCUT2D eigenvalue weighted by Crippen LogP contribution is 2.24. The van der Waals surface area contributed by atoms with Crippen molar-refractivity contribution in [3.05, 3.63) is 44.5 Å². The van der Waals surface area contributed by atoms with Crippen LogP contribution in [0.1, 0.15) is 6.92 Å². The molecular formula is C10H8N4O5. The molecule has 1 aliphatic rings. The number of anilines is 1. The molecule has 1 aliphatic heterocycles. The Morgan fingerprint density at radius 1 is 1.21 bits per heavy atom. The summed E-state index contributed by atoms with van der Waals surface area (Å²) in [6, 6.07) is 3.54. The topological polar surface area (TPSA) is 119 Å². The van der Waals surface area contributed by atoms with Crippen molar-refractivity contribution in [2.45, 2.75) is 13.0 Å². The molecule has 0 aliphatic carbocycles. The fourth-order valence-corrected chi connectivity index (χ4v) is 1.70. The molecule has 0 unspecified atom stereocenters. The summed E-state index contributed by atoms with van der Waals surface area (Å²) < 4.78 is 0. The highest BCUT2D eigenvalue weighted by molar-refractivity contribution is 6.16. The minimum Gasteiger partial charge on any atom is -0.264 e. The van der Waals surface area contributed by atoms with Crippen LogP contribution in [-0.2, 0) is 4.79 Å². The van der Waals surface area contributed by atoms with Crippen molar-refractivity contribution in [1.82, 2.24) is 0 Å². The number of nitrogens with zero attached hydrogens (tertiary/aromatic N) is 4. The summed E-state index contributed by atoms with van der Waals surface area (Å²) >= 11 is 0. The molecule has 1 aromatic carbocycles. The summed E-state index contributed by atoms with van der Waals surface area (Å²) in [5, 5.41) is 25.9. The molecule has 0 saturated heterocycles. The summed E-state index contributed by atoms with van der Waals surface area (Å²) in [5.41, 5.74) is 0.189. The standard InChI is InChI=1S/C10H8N4O5/c1-6-9(14(18)19)10(15)12(11-6)7-2-4-8(5-3-7)13(16)17/h2-5,9H,1H3/t9-/m1/s1. The maximum absolute atomic E-state index is 11.8. The molecule has 19 heavy (non-hydrogen) atoms. The Morgan fingerprint density at radius 3 is 2.21 bits per heavy atom. The van der Waals surface area contributed by atoms with Gasteiger partial charge in [-0.3, -0.25) is 25.0 Å². The zero-order valence-electron chi connectivity index (χ0n) is 9.72. The van der Waals surface area contributed by atoms with Gasteiger partial charge in [0.1, 0.15) is 5.71 Å². The van der Waals surface area contributed by atoms with E-state index in [1.165, 1.54) is 31.2 Å². The number of carbonyl (C=O) groups is 1. The highest BCUT2D eigenvalue weighted by atomic mass is 16.6. The van der Waals surface area contributed by atoms with Crippen molar-refractivity contribution in [1.29, 1.82) is 0 Å². The number of hydrazone groups is 1. The average Bonchev–Trinajstić information content (AvgIpc) is 2.65. The van der Waals surface area contributed by atoms with Gasteiger partial charge in [0.15, 0.2) is 0 Å². The van der Waals surface area contributed by atoms with E-state index in [9.17, 15) is 25.0 Å². The molecule has 98 valence electrons. The van der Waals surface area contributed by atoms with Gasteiger partial charge in [-0.15, -0.1) is 0 Å². The van der Waals surface area contributed by atoms with Gasteiger partial charge in [-0.05, 0) is 19.1 Å². The second-order valence-electron chi connectivity index (χ2n) is 3.85. The van der Waals surface area contributed by atoms with Gasteiger partial charge >= 0.3 is 11.9 Å². The Morgan fingerprint density at radius 2 is 1.79 bits per heavy atom. The SMILES string of the molecule is CC1=NN(c2ccc([N+](=O)[O-])cc2)C(=O)[C@@H]1[N+](=O)[O-]. The molecule has 0 fully saturated rings. The lowest BCUT2D eigenvalue weighted by molar-refractivity contribution is -0.488. The van der Waals surface area contributed by atoms with Crippen LogP contribution >= 0.6 is 0 Å². The van der Waals surface area contributed by atoms with E-state index in [0.29, 0.717) is 0 Å². The Hall–Kier alpha value is -2.84. The van der Waals surface area contributed by atoms with Gasteiger partial charge in [0.2, 0.25) is 0 Å². The van der Waals surface area contributed by atoms with E-state index in [0.717, 1.165) is 5.01 Å². The Balaban J connectivity index is 2.31. The summed E-state index contributed by atoms with van der Waals surface area (Å²) in [5.74, 6) is -0.781. The normalized spacial score (nSPS) is 18.4. The Labute approximate surface area is 106 Å². The molecule has 0 saturated carbocycles. The molecule has 2 rings (SSSR count). The van der Waals surface area contributed by atoms with Gasteiger partial charge in [0.25, 0.3) is 5.69 Å². The van der Waals surface area contributed by atoms with Crippen molar-refractivity contribution in [2.75, 3.05) is 5.01 Å². The molecule has 0 aromatic heterocycles. The van der Waals surface area contributed by atoms with E-state index in [1.807, 2.05) is 0 Å². The number of non-ortho nitro benzene ring substituents is 1. The van der Waals surface area contributed by atoms with Crippen LogP contribution in [0.15, 0.2) is 29.4 Å². The Kier molecular flexibility index (Phi) is 2.95. The minimum absolute atomic E-state index is 0.0772. The third-order valence-electron chi connectivity index (χ3n) is 2.61. The van der Waals surface area contributed by atoms with Crippen LogP contribution in [0.5, 0.6) is 0 Å². The summed E-state index contributed by atoms with van der Waals surface area (Å²) in [6.07, 6.45) is 0. The number of rotatable bonds is 3. The lowest BCUT2D eigenvalue weighted by atomic mass is 10.2. The third-order valence-corrected chi connectivity index (χ3v) is 2.61. The molecule has 1 heterocycles. The summed E-state index contributed by atoms with van der Waals surface area (Å²) in [6.45, 7) is 1.39. The molecule has 0 spiro atoms. The zero-order valence-corrected chi connectivity index (χ0v) is 9.72. The molecular weight excluding hydrogens is 256 g/mol. The second-order valence-corrected chi connectivity index (χ2v) is 3.85. The number of benzene rings is 1. The maximum Gasteiger partial charge on any atom is 0.331 e. The van der Waals surface area contributed by atoms with Crippen LogP contribution < -0.4 is 5.01 Å². The fourth-order valence-electron chi connectivity index (χ4n) is 1.70. The van der Waals surface area contributed by atoms with Crippen LogP contribution in [0.3, 0.4) is 0 Å². The number of hydrogen-bond acceptors (Lipinski definition) is 6. The predicted molar refractivity (Wildman–Crippen MR) is 64.5 cm³/mol. The number of amides is 1. The van der Waals surface area contributed by atoms with Crippen LogP contribution in [0, 0.1) is 20.2 Å². The number of carbonyl (C=O) groups excluding carboxylic acids is 1. The third kappa shape index (κ3) is 2.12. The number of hydrogen-bond donors (Lipinski definition) is 0. The highest BCUT2D eigenvalue weighted by Gasteiger charge is 2.43. The lowest BCUT2D eigenvalue weighted by Gasteiger charge is -2.10. The molecule has 9 heteroatoms. The second kappa shape index (κ2) is 4.44. The van der Waals surface area contributed by atoms with Gasteiger partial charge in [0.05, 0.1) is 10.6 Å². The van der Waals surface area contributed by atoms with Gasteiger partial charge in [0, 0.05) is 17.1 Å². The predicted octanol–water partition coefficient (Wildman–Crippen LogP) is 0.963. The largest absolute Gasteiger partial charge is 0.331 e. The van der Waals surface area contributed by atoms with Gasteiger partial charge in [-0.25, -0.2) is 0 Å². The zero-order chi connectivity index (χ0) is 14.2.